The molecule has 0 aromatic rings. The van der Waals surface area contributed by atoms with Crippen molar-refractivity contribution in [2.45, 2.75) is 51.6 Å². The monoisotopic (exact) mass is 327 g/mol. The summed E-state index contributed by atoms with van der Waals surface area (Å²) in [5.74, 6) is 0.519. The average Bonchev–Trinajstić information content (AvgIpc) is 2.52. The molecule has 1 rings (SSSR count). The fraction of sp³-hybridized carbons (Fsp3) is 0.647. The molecule has 0 saturated carbocycles. The van der Waals surface area contributed by atoms with Gasteiger partial charge in [0.25, 0.3) is 0 Å². The van der Waals surface area contributed by atoms with Crippen molar-refractivity contribution in [2.75, 3.05) is 13.2 Å². The molecule has 0 aromatic heterocycles. The minimum absolute atomic E-state index is 0.0225. The molecule has 3 atom stereocenters. The normalized spacial score (nSPS) is 19.9. The molecule has 4 nitrogen and oxygen atoms in total. The van der Waals surface area contributed by atoms with Gasteiger partial charge in [-0.25, -0.2) is 0 Å². The van der Waals surface area contributed by atoms with E-state index >= 15 is 0 Å². The molecule has 1 unspecified atom stereocenters. The lowest BCUT2D eigenvalue weighted by Crippen LogP contribution is -2.45. The first kappa shape index (κ1) is 19.1. The van der Waals surface area contributed by atoms with Gasteiger partial charge in [0.05, 0.1) is 12.1 Å². The summed E-state index contributed by atoms with van der Waals surface area (Å²) in [7, 11) is 0. The third kappa shape index (κ3) is 7.34. The minimum atomic E-state index is -0.533. The first-order valence-electron chi connectivity index (χ1n) is 7.93. The van der Waals surface area contributed by atoms with E-state index in [0.29, 0.717) is 18.9 Å². The van der Waals surface area contributed by atoms with Crippen molar-refractivity contribution in [1.29, 1.82) is 0 Å². The van der Waals surface area contributed by atoms with Crippen LogP contribution in [0.2, 0.25) is 0 Å². The van der Waals surface area contributed by atoms with Gasteiger partial charge in [0.2, 0.25) is 5.24 Å². The molecule has 0 bridgehead atoms. The lowest BCUT2D eigenvalue weighted by Gasteiger charge is -2.21. The molecule has 1 N–H and O–H groups in total. The lowest BCUT2D eigenvalue weighted by atomic mass is 9.93. The lowest BCUT2D eigenvalue weighted by molar-refractivity contribution is -0.126. The zero-order chi connectivity index (χ0) is 16.4. The molecule has 5 heteroatoms. The van der Waals surface area contributed by atoms with Gasteiger partial charge in [-0.3, -0.25) is 14.9 Å². The zero-order valence-corrected chi connectivity index (χ0v) is 14.1. The summed E-state index contributed by atoms with van der Waals surface area (Å²) >= 11 is 5.48. The smallest absolute Gasteiger partial charge is 0.238 e. The Morgan fingerprint density at radius 2 is 2.18 bits per heavy atom. The number of carbonyl (C=O) groups is 2. The van der Waals surface area contributed by atoms with Crippen molar-refractivity contribution in [2.24, 2.45) is 5.92 Å². The summed E-state index contributed by atoms with van der Waals surface area (Å²) in [6, 6.07) is -0.915. The summed E-state index contributed by atoms with van der Waals surface area (Å²) in [5, 5.41) is 2.54. The number of ketones is 1. The number of halogens is 1. The fourth-order valence-corrected chi connectivity index (χ4v) is 2.50. The Morgan fingerprint density at radius 1 is 1.41 bits per heavy atom. The van der Waals surface area contributed by atoms with E-state index in [1.807, 2.05) is 6.92 Å². The summed E-state index contributed by atoms with van der Waals surface area (Å²) in [6.45, 7) is 4.10. The summed E-state index contributed by atoms with van der Waals surface area (Å²) < 4.78 is 5.19. The molecule has 0 aliphatic heterocycles. The van der Waals surface area contributed by atoms with Crippen LogP contribution in [0.4, 0.5) is 0 Å². The summed E-state index contributed by atoms with van der Waals surface area (Å²) in [4.78, 5) is 23.4. The Hall–Kier alpha value is -0.970. The Kier molecular flexibility index (Phi) is 9.28. The highest BCUT2D eigenvalue weighted by Crippen LogP contribution is 2.19. The van der Waals surface area contributed by atoms with Crippen LogP contribution in [0.5, 0.6) is 0 Å². The second-order valence-corrected chi connectivity index (χ2v) is 5.96. The van der Waals surface area contributed by atoms with Gasteiger partial charge in [0, 0.05) is 6.61 Å². The quantitative estimate of drug-likeness (QED) is 0.593. The molecule has 1 aliphatic rings. The van der Waals surface area contributed by atoms with Gasteiger partial charge in [0.15, 0.2) is 5.78 Å². The van der Waals surface area contributed by atoms with E-state index in [9.17, 15) is 9.59 Å². The Balaban J connectivity index is 2.45. The number of rotatable bonds is 11. The number of hydrogen-bond acceptors (Lipinski definition) is 4. The van der Waals surface area contributed by atoms with E-state index in [1.165, 1.54) is 0 Å². The van der Waals surface area contributed by atoms with E-state index in [1.54, 1.807) is 6.92 Å². The van der Waals surface area contributed by atoms with E-state index in [4.69, 9.17) is 16.3 Å². The Morgan fingerprint density at radius 3 is 2.77 bits per heavy atom. The van der Waals surface area contributed by atoms with E-state index in [-0.39, 0.29) is 18.4 Å². The van der Waals surface area contributed by atoms with Crippen LogP contribution in [-0.2, 0) is 14.3 Å². The zero-order valence-electron chi connectivity index (χ0n) is 13.4. The molecule has 0 saturated heterocycles. The van der Waals surface area contributed by atoms with E-state index < -0.39 is 11.3 Å². The van der Waals surface area contributed by atoms with Crippen LogP contribution < -0.4 is 5.32 Å². The Labute approximate surface area is 137 Å². The van der Waals surface area contributed by atoms with Crippen molar-refractivity contribution >= 4 is 22.6 Å². The topological polar surface area (TPSA) is 55.4 Å². The van der Waals surface area contributed by atoms with Crippen molar-refractivity contribution in [3.8, 4) is 0 Å². The van der Waals surface area contributed by atoms with Gasteiger partial charge >= 0.3 is 0 Å². The standard InChI is InChI=1S/C17H26ClNO3/c1-3-22-12-16(20)15(19-13(2)17(18)21)11-7-10-14-8-5-4-6-9-14/h4-6,8,13-15,19H,3,7,9-12H2,1-2H3/t13-,14?,15-/m0/s1. The van der Waals surface area contributed by atoms with Crippen LogP contribution in [0.15, 0.2) is 24.3 Å². The number of carbonyl (C=O) groups excluding carboxylic acids is 2. The molecule has 1 aliphatic carbocycles. The maximum Gasteiger partial charge on any atom is 0.238 e. The molecule has 0 aromatic carbocycles. The molecule has 0 radical (unpaired) electrons. The second kappa shape index (κ2) is 10.7. The fourth-order valence-electron chi connectivity index (χ4n) is 2.44. The van der Waals surface area contributed by atoms with Crippen molar-refractivity contribution < 1.29 is 14.3 Å². The number of Topliss-reactive ketones (excluding diaryl/α,β-unsaturated/α-hetero) is 1. The van der Waals surface area contributed by atoms with Crippen LogP contribution in [0.3, 0.4) is 0 Å². The predicted octanol–water partition coefficient (Wildman–Crippen LogP) is 3.01. The average molecular weight is 328 g/mol. The highest BCUT2D eigenvalue weighted by molar-refractivity contribution is 6.64. The molecule has 0 fully saturated rings. The van der Waals surface area contributed by atoms with Gasteiger partial charge in [-0.05, 0) is 50.6 Å². The molecule has 0 amide bonds. The van der Waals surface area contributed by atoms with Crippen molar-refractivity contribution in [3.05, 3.63) is 24.3 Å². The molecule has 0 heterocycles. The van der Waals surface area contributed by atoms with Gasteiger partial charge in [0.1, 0.15) is 6.61 Å². The maximum absolute atomic E-state index is 12.2. The summed E-state index contributed by atoms with van der Waals surface area (Å²) in [5.41, 5.74) is 0. The number of allylic oxidation sites excluding steroid dienone is 4. The van der Waals surface area contributed by atoms with Crippen LogP contribution in [0.25, 0.3) is 0 Å². The van der Waals surface area contributed by atoms with Crippen molar-refractivity contribution in [3.63, 3.8) is 0 Å². The third-order valence-corrected chi connectivity index (χ3v) is 4.09. The minimum Gasteiger partial charge on any atom is -0.374 e. The van der Waals surface area contributed by atoms with Gasteiger partial charge in [-0.2, -0.15) is 0 Å². The maximum atomic E-state index is 12.2. The largest absolute Gasteiger partial charge is 0.374 e. The molecular weight excluding hydrogens is 302 g/mol. The third-order valence-electron chi connectivity index (χ3n) is 3.77. The molecule has 124 valence electrons. The number of ether oxygens (including phenoxy) is 1. The van der Waals surface area contributed by atoms with Gasteiger partial charge in [-0.1, -0.05) is 30.7 Å². The van der Waals surface area contributed by atoms with Gasteiger partial charge in [-0.15, -0.1) is 0 Å². The van der Waals surface area contributed by atoms with E-state index in [0.717, 1.165) is 19.3 Å². The SMILES string of the molecule is CCOCC(=O)[C@H](CCCC1C=CC=CC1)N[C@@H](C)C(=O)Cl. The van der Waals surface area contributed by atoms with Crippen molar-refractivity contribution in [1.82, 2.24) is 5.32 Å². The van der Waals surface area contributed by atoms with E-state index in [2.05, 4.69) is 29.6 Å². The summed E-state index contributed by atoms with van der Waals surface area (Å²) in [6.07, 6.45) is 12.2. The highest BCUT2D eigenvalue weighted by atomic mass is 35.5. The van der Waals surface area contributed by atoms with Crippen LogP contribution in [0.1, 0.15) is 39.5 Å². The molecule has 22 heavy (non-hydrogen) atoms. The predicted molar refractivity (Wildman–Crippen MR) is 89.0 cm³/mol. The second-order valence-electron chi connectivity index (χ2n) is 5.59. The molecule has 0 spiro atoms. The van der Waals surface area contributed by atoms with Gasteiger partial charge < -0.3 is 4.74 Å². The van der Waals surface area contributed by atoms with Crippen LogP contribution in [-0.4, -0.2) is 36.3 Å². The Bertz CT molecular complexity index is 420. The first-order chi connectivity index (χ1) is 10.5. The molecular formula is C17H26ClNO3. The first-order valence-corrected chi connectivity index (χ1v) is 8.31. The number of hydrogen-bond donors (Lipinski definition) is 1. The number of nitrogens with one attached hydrogen (secondary N) is 1. The van der Waals surface area contributed by atoms with Crippen LogP contribution >= 0.6 is 11.6 Å². The highest BCUT2D eigenvalue weighted by Gasteiger charge is 2.22. The van der Waals surface area contributed by atoms with Crippen LogP contribution in [0, 0.1) is 5.92 Å².